The summed E-state index contributed by atoms with van der Waals surface area (Å²) in [5, 5.41) is 0. The Bertz CT molecular complexity index is 1290. The van der Waals surface area contributed by atoms with Crippen molar-refractivity contribution in [1.29, 1.82) is 0 Å². The third kappa shape index (κ3) is 4.00. The van der Waals surface area contributed by atoms with Gasteiger partial charge in [0.2, 0.25) is 5.78 Å². The van der Waals surface area contributed by atoms with Gasteiger partial charge in [0, 0.05) is 17.5 Å². The second kappa shape index (κ2) is 8.86. The molecule has 6 nitrogen and oxygen atoms in total. The molecule has 0 aromatic heterocycles. The smallest absolute Gasteiger partial charge is 0.306 e. The first-order chi connectivity index (χ1) is 16.4. The topological polar surface area (TPSA) is 71.1 Å². The summed E-state index contributed by atoms with van der Waals surface area (Å²) >= 11 is 0. The molecule has 174 valence electrons. The summed E-state index contributed by atoms with van der Waals surface area (Å²) in [7, 11) is 1.39. The number of ether oxygens (including phenoxy) is 4. The van der Waals surface area contributed by atoms with Gasteiger partial charge in [-0.3, -0.25) is 9.59 Å². The van der Waals surface area contributed by atoms with Gasteiger partial charge in [0.05, 0.1) is 25.7 Å². The highest BCUT2D eigenvalue weighted by atomic mass is 16.5. The van der Waals surface area contributed by atoms with Crippen LogP contribution in [0.15, 0.2) is 48.5 Å². The maximum atomic E-state index is 12.3. The van der Waals surface area contributed by atoms with E-state index in [0.29, 0.717) is 36.7 Å². The van der Waals surface area contributed by atoms with E-state index in [1.807, 2.05) is 50.2 Å². The normalized spacial score (nSPS) is 15.9. The Kier molecular flexibility index (Phi) is 5.74. The first-order valence-electron chi connectivity index (χ1n) is 11.3. The van der Waals surface area contributed by atoms with E-state index in [2.05, 4.69) is 12.1 Å². The average Bonchev–Trinajstić information content (AvgIpc) is 3.40. The number of Topliss-reactive ketones (excluding diaryl/α,β-unsaturated/α-hetero) is 1. The zero-order valence-electron chi connectivity index (χ0n) is 19.5. The van der Waals surface area contributed by atoms with Crippen LogP contribution < -0.4 is 14.2 Å². The summed E-state index contributed by atoms with van der Waals surface area (Å²) in [5.74, 6) is 1.92. The standard InChI is InChI=1S/C28H26O6/c1-16-9-25-28(23(29)15-34-25)17(2)27(16)19-6-4-5-18(10-19)13-32-21-7-8-22-20(11-26(30)31-3)14-33-24(22)12-21/h4-10,12,20H,11,13-15H2,1-3H3. The number of carbonyl (C=O) groups excluding carboxylic acids is 2. The molecular formula is C28H26O6. The molecule has 5 rings (SSSR count). The molecule has 34 heavy (non-hydrogen) atoms. The molecule has 0 radical (unpaired) electrons. The van der Waals surface area contributed by atoms with Gasteiger partial charge < -0.3 is 18.9 Å². The fourth-order valence-corrected chi connectivity index (χ4v) is 4.85. The lowest BCUT2D eigenvalue weighted by Gasteiger charge is -2.15. The minimum absolute atomic E-state index is 0.00395. The second-order valence-corrected chi connectivity index (χ2v) is 8.76. The Morgan fingerprint density at radius 3 is 2.71 bits per heavy atom. The zero-order valence-corrected chi connectivity index (χ0v) is 19.5. The molecule has 3 aromatic rings. The van der Waals surface area contributed by atoms with Crippen molar-refractivity contribution in [3.05, 3.63) is 76.3 Å². The van der Waals surface area contributed by atoms with Gasteiger partial charge in [-0.25, -0.2) is 0 Å². The molecule has 3 aromatic carbocycles. The lowest BCUT2D eigenvalue weighted by Crippen LogP contribution is -2.09. The van der Waals surface area contributed by atoms with Crippen LogP contribution in [0.25, 0.3) is 11.1 Å². The first-order valence-corrected chi connectivity index (χ1v) is 11.3. The maximum absolute atomic E-state index is 12.3. The van der Waals surface area contributed by atoms with Crippen LogP contribution >= 0.6 is 0 Å². The van der Waals surface area contributed by atoms with Crippen molar-refractivity contribution in [2.45, 2.75) is 32.8 Å². The minimum Gasteiger partial charge on any atom is -0.492 e. The Morgan fingerprint density at radius 1 is 1.03 bits per heavy atom. The molecular weight excluding hydrogens is 432 g/mol. The van der Waals surface area contributed by atoms with Crippen molar-refractivity contribution in [2.24, 2.45) is 0 Å². The number of carbonyl (C=O) groups is 2. The number of methoxy groups -OCH3 is 1. The molecule has 1 unspecified atom stereocenters. The number of hydrogen-bond donors (Lipinski definition) is 0. The Morgan fingerprint density at radius 2 is 1.88 bits per heavy atom. The minimum atomic E-state index is -0.243. The highest BCUT2D eigenvalue weighted by Gasteiger charge is 2.28. The molecule has 2 aliphatic rings. The second-order valence-electron chi connectivity index (χ2n) is 8.76. The fraction of sp³-hybridized carbons (Fsp3) is 0.286. The Balaban J connectivity index is 1.33. The molecule has 0 saturated carbocycles. The van der Waals surface area contributed by atoms with Crippen LogP contribution in [-0.4, -0.2) is 32.1 Å². The summed E-state index contributed by atoms with van der Waals surface area (Å²) in [6, 6.07) is 15.9. The lowest BCUT2D eigenvalue weighted by molar-refractivity contribution is -0.141. The van der Waals surface area contributed by atoms with Crippen LogP contribution in [0, 0.1) is 13.8 Å². The molecule has 1 atom stereocenters. The van der Waals surface area contributed by atoms with Crippen molar-refractivity contribution in [1.82, 2.24) is 0 Å². The van der Waals surface area contributed by atoms with Gasteiger partial charge in [0.25, 0.3) is 0 Å². The first kappa shape index (κ1) is 22.0. The van der Waals surface area contributed by atoms with Crippen molar-refractivity contribution in [2.75, 3.05) is 20.3 Å². The SMILES string of the molecule is COC(=O)CC1COc2cc(OCc3cccc(-c4c(C)cc5c(c4C)C(=O)CO5)c3)ccc21. The van der Waals surface area contributed by atoms with E-state index in [4.69, 9.17) is 18.9 Å². The number of fused-ring (bicyclic) bond motifs is 2. The largest absolute Gasteiger partial charge is 0.492 e. The fourth-order valence-electron chi connectivity index (χ4n) is 4.85. The number of esters is 1. The quantitative estimate of drug-likeness (QED) is 0.475. The predicted octanol–water partition coefficient (Wildman–Crippen LogP) is 5.16. The zero-order chi connectivity index (χ0) is 23.8. The molecule has 0 saturated heterocycles. The van der Waals surface area contributed by atoms with E-state index in [-0.39, 0.29) is 24.3 Å². The summed E-state index contributed by atoms with van der Waals surface area (Å²) in [6.45, 7) is 4.98. The van der Waals surface area contributed by atoms with Crippen molar-refractivity contribution < 1.29 is 28.5 Å². The molecule has 0 fully saturated rings. The summed E-state index contributed by atoms with van der Waals surface area (Å²) in [6.07, 6.45) is 0.301. The summed E-state index contributed by atoms with van der Waals surface area (Å²) in [4.78, 5) is 23.9. The van der Waals surface area contributed by atoms with E-state index >= 15 is 0 Å². The van der Waals surface area contributed by atoms with Crippen LogP contribution in [0.2, 0.25) is 0 Å². The third-order valence-electron chi connectivity index (χ3n) is 6.50. The molecule has 0 amide bonds. The van der Waals surface area contributed by atoms with Crippen LogP contribution in [0.4, 0.5) is 0 Å². The van der Waals surface area contributed by atoms with Gasteiger partial charge in [-0.1, -0.05) is 24.3 Å². The van der Waals surface area contributed by atoms with E-state index in [1.165, 1.54) is 7.11 Å². The van der Waals surface area contributed by atoms with Crippen LogP contribution in [0.5, 0.6) is 17.2 Å². The predicted molar refractivity (Wildman–Crippen MR) is 127 cm³/mol. The molecule has 2 aliphatic heterocycles. The van der Waals surface area contributed by atoms with Crippen molar-refractivity contribution in [3.63, 3.8) is 0 Å². The molecule has 6 heteroatoms. The highest BCUT2D eigenvalue weighted by molar-refractivity contribution is 6.05. The van der Waals surface area contributed by atoms with Crippen LogP contribution in [-0.2, 0) is 16.1 Å². The number of benzene rings is 3. The number of ketones is 1. The van der Waals surface area contributed by atoms with E-state index in [9.17, 15) is 9.59 Å². The lowest BCUT2D eigenvalue weighted by atomic mass is 9.90. The third-order valence-corrected chi connectivity index (χ3v) is 6.50. The van der Waals surface area contributed by atoms with Crippen molar-refractivity contribution in [3.8, 4) is 28.4 Å². The van der Waals surface area contributed by atoms with Gasteiger partial charge in [-0.15, -0.1) is 0 Å². The molecule has 0 N–H and O–H groups in total. The molecule has 0 spiro atoms. The highest BCUT2D eigenvalue weighted by Crippen LogP contribution is 2.40. The monoisotopic (exact) mass is 458 g/mol. The summed E-state index contributed by atoms with van der Waals surface area (Å²) in [5.41, 5.74) is 6.83. The Labute approximate surface area is 198 Å². The maximum Gasteiger partial charge on any atom is 0.306 e. The molecule has 2 heterocycles. The number of hydrogen-bond acceptors (Lipinski definition) is 6. The van der Waals surface area contributed by atoms with E-state index < -0.39 is 0 Å². The van der Waals surface area contributed by atoms with Crippen molar-refractivity contribution >= 4 is 11.8 Å². The van der Waals surface area contributed by atoms with E-state index in [0.717, 1.165) is 39.1 Å². The van der Waals surface area contributed by atoms with Crippen LogP contribution in [0.3, 0.4) is 0 Å². The molecule has 0 bridgehead atoms. The van der Waals surface area contributed by atoms with Gasteiger partial charge in [-0.2, -0.15) is 0 Å². The van der Waals surface area contributed by atoms with Gasteiger partial charge in [0.15, 0.2) is 6.61 Å². The molecule has 0 aliphatic carbocycles. The number of rotatable bonds is 6. The Hall–Kier alpha value is -3.80. The van der Waals surface area contributed by atoms with Gasteiger partial charge >= 0.3 is 5.97 Å². The number of aryl methyl sites for hydroxylation is 1. The van der Waals surface area contributed by atoms with Crippen LogP contribution in [0.1, 0.15) is 45.0 Å². The summed E-state index contributed by atoms with van der Waals surface area (Å²) < 4.78 is 22.1. The average molecular weight is 459 g/mol. The van der Waals surface area contributed by atoms with E-state index in [1.54, 1.807) is 0 Å². The van der Waals surface area contributed by atoms with Gasteiger partial charge in [-0.05, 0) is 59.9 Å². The van der Waals surface area contributed by atoms with Gasteiger partial charge in [0.1, 0.15) is 23.9 Å².